The molecule has 2 aromatic rings. The quantitative estimate of drug-likeness (QED) is 0.769. The molecule has 18 heavy (non-hydrogen) atoms. The van der Waals surface area contributed by atoms with Crippen LogP contribution >= 0.6 is 0 Å². The van der Waals surface area contributed by atoms with Crippen LogP contribution in [0.15, 0.2) is 18.3 Å². The van der Waals surface area contributed by atoms with E-state index < -0.39 is 0 Å². The van der Waals surface area contributed by atoms with E-state index in [0.29, 0.717) is 11.5 Å². The van der Waals surface area contributed by atoms with Gasteiger partial charge in [0.05, 0.1) is 0 Å². The van der Waals surface area contributed by atoms with Crippen LogP contribution in [0, 0.1) is 5.92 Å². The minimum atomic E-state index is 0.613. The van der Waals surface area contributed by atoms with Gasteiger partial charge in [0.2, 0.25) is 0 Å². The number of rotatable bonds is 3. The van der Waals surface area contributed by atoms with E-state index in [1.807, 2.05) is 0 Å². The minimum absolute atomic E-state index is 0.613. The van der Waals surface area contributed by atoms with E-state index in [0.717, 1.165) is 50.2 Å². The number of hydrogen-bond acceptors (Lipinski definition) is 4. The zero-order valence-corrected chi connectivity index (χ0v) is 10.1. The molecule has 0 saturated carbocycles. The molecule has 3 heterocycles. The lowest BCUT2D eigenvalue weighted by Crippen LogP contribution is -2.18. The summed E-state index contributed by atoms with van der Waals surface area (Å²) in [6, 6.07) is 3.50. The molecule has 0 aliphatic carbocycles. The first-order chi connectivity index (χ1) is 8.85. The maximum absolute atomic E-state index is 10.7. The molecule has 0 amide bonds. The van der Waals surface area contributed by atoms with Crippen LogP contribution in [-0.2, 0) is 11.2 Å². The first-order valence-electron chi connectivity index (χ1n) is 6.23. The summed E-state index contributed by atoms with van der Waals surface area (Å²) in [6.07, 6.45) is 5.65. The van der Waals surface area contributed by atoms with Crippen LogP contribution < -0.4 is 0 Å². The third-order valence-electron chi connectivity index (χ3n) is 3.35. The van der Waals surface area contributed by atoms with E-state index in [-0.39, 0.29) is 0 Å². The summed E-state index contributed by atoms with van der Waals surface area (Å²) in [7, 11) is 0. The Morgan fingerprint density at radius 1 is 1.44 bits per heavy atom. The highest BCUT2D eigenvalue weighted by atomic mass is 16.5. The van der Waals surface area contributed by atoms with Gasteiger partial charge in [-0.2, -0.15) is 5.10 Å². The number of carbonyl (C=O) groups excluding carboxylic acids is 1. The Labute approximate surface area is 105 Å². The van der Waals surface area contributed by atoms with E-state index >= 15 is 0 Å². The van der Waals surface area contributed by atoms with E-state index in [9.17, 15) is 4.79 Å². The SMILES string of the molecule is O=Cc1ccn2nc(CC3CCOCC3)nc2c1. The van der Waals surface area contributed by atoms with Gasteiger partial charge in [0.15, 0.2) is 11.5 Å². The summed E-state index contributed by atoms with van der Waals surface area (Å²) >= 11 is 0. The second kappa shape index (κ2) is 4.86. The van der Waals surface area contributed by atoms with Crippen LogP contribution in [0.25, 0.3) is 5.65 Å². The van der Waals surface area contributed by atoms with Crippen molar-refractivity contribution < 1.29 is 9.53 Å². The molecule has 5 heteroatoms. The van der Waals surface area contributed by atoms with Crippen molar-refractivity contribution in [2.45, 2.75) is 19.3 Å². The van der Waals surface area contributed by atoms with Crippen molar-refractivity contribution in [1.82, 2.24) is 14.6 Å². The van der Waals surface area contributed by atoms with Crippen molar-refractivity contribution in [2.75, 3.05) is 13.2 Å². The molecular formula is C13H15N3O2. The van der Waals surface area contributed by atoms with E-state index in [1.54, 1.807) is 22.8 Å². The summed E-state index contributed by atoms with van der Waals surface area (Å²) in [5.74, 6) is 1.46. The van der Waals surface area contributed by atoms with Gasteiger partial charge in [-0.1, -0.05) is 0 Å². The number of nitrogens with zero attached hydrogens (tertiary/aromatic N) is 3. The Morgan fingerprint density at radius 3 is 3.06 bits per heavy atom. The molecule has 0 bridgehead atoms. The molecule has 0 N–H and O–H groups in total. The fourth-order valence-electron chi connectivity index (χ4n) is 2.31. The van der Waals surface area contributed by atoms with Gasteiger partial charge in [-0.3, -0.25) is 4.79 Å². The molecule has 5 nitrogen and oxygen atoms in total. The molecule has 0 aromatic carbocycles. The van der Waals surface area contributed by atoms with Gasteiger partial charge in [-0.15, -0.1) is 0 Å². The minimum Gasteiger partial charge on any atom is -0.381 e. The third kappa shape index (κ3) is 2.26. The van der Waals surface area contributed by atoms with Crippen LogP contribution in [0.3, 0.4) is 0 Å². The zero-order valence-electron chi connectivity index (χ0n) is 10.1. The van der Waals surface area contributed by atoms with Gasteiger partial charge >= 0.3 is 0 Å². The Bertz CT molecular complexity index is 558. The molecule has 1 aliphatic heterocycles. The van der Waals surface area contributed by atoms with Crippen LogP contribution in [-0.4, -0.2) is 34.1 Å². The van der Waals surface area contributed by atoms with Gasteiger partial charge in [-0.25, -0.2) is 9.50 Å². The maximum Gasteiger partial charge on any atom is 0.156 e. The van der Waals surface area contributed by atoms with E-state index in [1.165, 1.54) is 0 Å². The highest BCUT2D eigenvalue weighted by Gasteiger charge is 2.16. The van der Waals surface area contributed by atoms with Gasteiger partial charge < -0.3 is 4.74 Å². The van der Waals surface area contributed by atoms with Crippen LogP contribution in [0.1, 0.15) is 29.0 Å². The number of pyridine rings is 1. The largest absolute Gasteiger partial charge is 0.381 e. The molecule has 0 spiro atoms. The Kier molecular flexibility index (Phi) is 3.06. The van der Waals surface area contributed by atoms with E-state index in [2.05, 4.69) is 10.1 Å². The highest BCUT2D eigenvalue weighted by Crippen LogP contribution is 2.18. The highest BCUT2D eigenvalue weighted by molar-refractivity contribution is 5.76. The van der Waals surface area contributed by atoms with Gasteiger partial charge in [-0.05, 0) is 30.9 Å². The number of aldehydes is 1. The fourth-order valence-corrected chi connectivity index (χ4v) is 2.31. The molecule has 94 valence electrons. The summed E-state index contributed by atoms with van der Waals surface area (Å²) in [5, 5.41) is 4.43. The molecule has 0 unspecified atom stereocenters. The zero-order chi connectivity index (χ0) is 12.4. The fraction of sp³-hybridized carbons (Fsp3) is 0.462. The van der Waals surface area contributed by atoms with Gasteiger partial charge in [0.1, 0.15) is 6.29 Å². The topological polar surface area (TPSA) is 56.5 Å². The number of fused-ring (bicyclic) bond motifs is 1. The number of carbonyl (C=O) groups is 1. The second-order valence-corrected chi connectivity index (χ2v) is 4.67. The van der Waals surface area contributed by atoms with Crippen molar-refractivity contribution >= 4 is 11.9 Å². The lowest BCUT2D eigenvalue weighted by atomic mass is 9.96. The first-order valence-corrected chi connectivity index (χ1v) is 6.23. The number of aromatic nitrogens is 3. The molecule has 1 saturated heterocycles. The normalized spacial score (nSPS) is 17.1. The molecule has 0 radical (unpaired) electrons. The second-order valence-electron chi connectivity index (χ2n) is 4.67. The first kappa shape index (κ1) is 11.3. The third-order valence-corrected chi connectivity index (χ3v) is 3.35. The van der Waals surface area contributed by atoms with Crippen molar-refractivity contribution in [2.24, 2.45) is 5.92 Å². The Hall–Kier alpha value is -1.75. The Balaban J connectivity index is 1.81. The van der Waals surface area contributed by atoms with Crippen molar-refractivity contribution in [1.29, 1.82) is 0 Å². The number of ether oxygens (including phenoxy) is 1. The summed E-state index contributed by atoms with van der Waals surface area (Å²) < 4.78 is 7.07. The van der Waals surface area contributed by atoms with Crippen LogP contribution in [0.2, 0.25) is 0 Å². The molecular weight excluding hydrogens is 230 g/mol. The van der Waals surface area contributed by atoms with Crippen molar-refractivity contribution in [3.8, 4) is 0 Å². The molecule has 1 aliphatic rings. The molecule has 2 aromatic heterocycles. The lowest BCUT2D eigenvalue weighted by molar-refractivity contribution is 0.0660. The van der Waals surface area contributed by atoms with Gasteiger partial charge in [0, 0.05) is 31.4 Å². The smallest absolute Gasteiger partial charge is 0.156 e. The lowest BCUT2D eigenvalue weighted by Gasteiger charge is -2.20. The molecule has 0 atom stereocenters. The predicted octanol–water partition coefficient (Wildman–Crippen LogP) is 1.51. The van der Waals surface area contributed by atoms with Crippen molar-refractivity contribution in [3.63, 3.8) is 0 Å². The van der Waals surface area contributed by atoms with Crippen LogP contribution in [0.5, 0.6) is 0 Å². The number of hydrogen-bond donors (Lipinski definition) is 0. The molecule has 3 rings (SSSR count). The monoisotopic (exact) mass is 245 g/mol. The summed E-state index contributed by atoms with van der Waals surface area (Å²) in [4.78, 5) is 15.2. The Morgan fingerprint density at radius 2 is 2.28 bits per heavy atom. The van der Waals surface area contributed by atoms with Gasteiger partial charge in [0.25, 0.3) is 0 Å². The summed E-state index contributed by atoms with van der Waals surface area (Å²) in [5.41, 5.74) is 1.37. The average Bonchev–Trinajstić information content (AvgIpc) is 2.80. The molecule has 1 fully saturated rings. The standard InChI is InChI=1S/C13H15N3O2/c17-9-11-1-4-16-13(8-11)14-12(15-16)7-10-2-5-18-6-3-10/h1,4,8-10H,2-3,5-7H2. The maximum atomic E-state index is 10.7. The van der Waals surface area contributed by atoms with Crippen LogP contribution in [0.4, 0.5) is 0 Å². The summed E-state index contributed by atoms with van der Waals surface area (Å²) in [6.45, 7) is 1.68. The van der Waals surface area contributed by atoms with Crippen molar-refractivity contribution in [3.05, 3.63) is 29.7 Å². The van der Waals surface area contributed by atoms with E-state index in [4.69, 9.17) is 4.74 Å². The predicted molar refractivity (Wildman–Crippen MR) is 65.6 cm³/mol. The average molecular weight is 245 g/mol.